The second-order valence-corrected chi connectivity index (χ2v) is 7.26. The van der Waals surface area contributed by atoms with Gasteiger partial charge >= 0.3 is 11.7 Å². The number of benzene rings is 1. The molecule has 2 aromatic rings. The van der Waals surface area contributed by atoms with E-state index >= 15 is 0 Å². The molecule has 2 heterocycles. The third-order valence-corrected chi connectivity index (χ3v) is 5.15. The van der Waals surface area contributed by atoms with Gasteiger partial charge in [0.25, 0.3) is 0 Å². The summed E-state index contributed by atoms with van der Waals surface area (Å²) in [7, 11) is 0. The van der Waals surface area contributed by atoms with Gasteiger partial charge in [0, 0.05) is 18.1 Å². The molecule has 9 nitrogen and oxygen atoms in total. The van der Waals surface area contributed by atoms with Gasteiger partial charge < -0.3 is 15.0 Å². The van der Waals surface area contributed by atoms with Crippen molar-refractivity contribution in [2.45, 2.75) is 19.8 Å². The molecule has 0 bridgehead atoms. The zero-order valence-electron chi connectivity index (χ0n) is 15.6. The second kappa shape index (κ2) is 9.23. The van der Waals surface area contributed by atoms with Crippen LogP contribution >= 0.6 is 23.2 Å². The first-order valence-electron chi connectivity index (χ1n) is 9.03. The molecule has 0 atom stereocenters. The maximum atomic E-state index is 11.9. The van der Waals surface area contributed by atoms with Gasteiger partial charge in [0.05, 0.1) is 28.2 Å². The molecule has 154 valence electrons. The van der Waals surface area contributed by atoms with E-state index in [0.29, 0.717) is 48.3 Å². The maximum absolute atomic E-state index is 11.9. The van der Waals surface area contributed by atoms with Crippen LogP contribution in [0.15, 0.2) is 24.5 Å². The lowest BCUT2D eigenvalue weighted by molar-refractivity contribution is -0.383. The van der Waals surface area contributed by atoms with E-state index in [9.17, 15) is 14.9 Å². The van der Waals surface area contributed by atoms with E-state index < -0.39 is 4.92 Å². The van der Waals surface area contributed by atoms with E-state index in [1.54, 1.807) is 30.0 Å². The first-order valence-corrected chi connectivity index (χ1v) is 9.79. The summed E-state index contributed by atoms with van der Waals surface area (Å²) in [4.78, 5) is 33.1. The van der Waals surface area contributed by atoms with E-state index in [2.05, 4.69) is 15.3 Å². The highest BCUT2D eigenvalue weighted by Crippen LogP contribution is 2.37. The number of hydrogen-bond donors (Lipinski definition) is 1. The van der Waals surface area contributed by atoms with Crippen LogP contribution in [-0.4, -0.2) is 40.6 Å². The molecule has 1 N–H and O–H groups in total. The van der Waals surface area contributed by atoms with Gasteiger partial charge in [-0.1, -0.05) is 23.2 Å². The van der Waals surface area contributed by atoms with Crippen LogP contribution < -0.4 is 10.2 Å². The lowest BCUT2D eigenvalue weighted by Crippen LogP contribution is -2.37. The van der Waals surface area contributed by atoms with Gasteiger partial charge in [-0.2, -0.15) is 0 Å². The van der Waals surface area contributed by atoms with E-state index in [4.69, 9.17) is 27.9 Å². The number of aromatic nitrogens is 2. The number of esters is 1. The van der Waals surface area contributed by atoms with Crippen LogP contribution in [0.1, 0.15) is 19.8 Å². The summed E-state index contributed by atoms with van der Waals surface area (Å²) in [6, 6.07) is 4.75. The van der Waals surface area contributed by atoms with E-state index in [1.165, 1.54) is 6.33 Å². The van der Waals surface area contributed by atoms with Gasteiger partial charge in [0.15, 0.2) is 0 Å². The summed E-state index contributed by atoms with van der Waals surface area (Å²) in [6.45, 7) is 2.98. The van der Waals surface area contributed by atoms with E-state index in [-0.39, 0.29) is 29.2 Å². The predicted molar refractivity (Wildman–Crippen MR) is 110 cm³/mol. The van der Waals surface area contributed by atoms with Crippen molar-refractivity contribution in [1.29, 1.82) is 0 Å². The number of anilines is 3. The smallest absolute Gasteiger partial charge is 0.353 e. The standard InChI is InChI=1S/C18H19Cl2N5O4/c1-2-29-18(26)11-5-7-24(8-6-11)17-15(25(27)28)16(21-10-22-17)23-14-9-12(19)3-4-13(14)20/h3-4,9-11H,2,5-8H2,1H3,(H,21,22,23). The van der Waals surface area contributed by atoms with Crippen molar-refractivity contribution in [3.8, 4) is 0 Å². The fraction of sp³-hybridized carbons (Fsp3) is 0.389. The monoisotopic (exact) mass is 439 g/mol. The second-order valence-electron chi connectivity index (χ2n) is 6.41. The number of nitro groups is 1. The SMILES string of the molecule is CCOC(=O)C1CCN(c2ncnc(Nc3cc(Cl)ccc3Cl)c2[N+](=O)[O-])CC1. The van der Waals surface area contributed by atoms with E-state index in [0.717, 1.165) is 0 Å². The van der Waals surface area contributed by atoms with Crippen LogP contribution in [0.3, 0.4) is 0 Å². The molecule has 1 aromatic carbocycles. The number of carbonyl (C=O) groups excluding carboxylic acids is 1. The average Bonchev–Trinajstić information content (AvgIpc) is 2.70. The Morgan fingerprint density at radius 2 is 2.07 bits per heavy atom. The Hall–Kier alpha value is -2.65. The highest BCUT2D eigenvalue weighted by molar-refractivity contribution is 6.35. The molecule has 0 spiro atoms. The molecule has 0 unspecified atom stereocenters. The van der Waals surface area contributed by atoms with Gasteiger partial charge in [0.1, 0.15) is 6.33 Å². The van der Waals surface area contributed by atoms with Gasteiger partial charge in [-0.25, -0.2) is 9.97 Å². The van der Waals surface area contributed by atoms with E-state index in [1.807, 2.05) is 0 Å². The molecule has 1 fully saturated rings. The summed E-state index contributed by atoms with van der Waals surface area (Å²) in [5.74, 6) is -0.248. The minimum Gasteiger partial charge on any atom is -0.466 e. The molecular weight excluding hydrogens is 421 g/mol. The van der Waals surface area contributed by atoms with Crippen LogP contribution in [0.5, 0.6) is 0 Å². The van der Waals surface area contributed by atoms with Crippen LogP contribution in [-0.2, 0) is 9.53 Å². The normalized spacial score (nSPS) is 14.5. The highest BCUT2D eigenvalue weighted by atomic mass is 35.5. The number of hydrogen-bond acceptors (Lipinski definition) is 8. The van der Waals surface area contributed by atoms with Crippen LogP contribution in [0.2, 0.25) is 10.0 Å². The molecule has 3 rings (SSSR count). The van der Waals surface area contributed by atoms with Crippen LogP contribution in [0.25, 0.3) is 0 Å². The Labute approximate surface area is 177 Å². The first kappa shape index (κ1) is 21.1. The third-order valence-electron chi connectivity index (χ3n) is 4.58. The van der Waals surface area contributed by atoms with Crippen molar-refractivity contribution in [1.82, 2.24) is 9.97 Å². The van der Waals surface area contributed by atoms with Crippen molar-refractivity contribution in [3.05, 3.63) is 44.7 Å². The Balaban J connectivity index is 1.85. The number of ether oxygens (including phenoxy) is 1. The molecule has 0 aliphatic carbocycles. The molecule has 29 heavy (non-hydrogen) atoms. The van der Waals surface area contributed by atoms with Crippen LogP contribution in [0.4, 0.5) is 23.0 Å². The van der Waals surface area contributed by atoms with Gasteiger partial charge in [-0.05, 0) is 38.0 Å². The van der Waals surface area contributed by atoms with Gasteiger partial charge in [-0.3, -0.25) is 14.9 Å². The van der Waals surface area contributed by atoms with Crippen molar-refractivity contribution in [2.24, 2.45) is 5.92 Å². The number of nitrogens with one attached hydrogen (secondary N) is 1. The molecule has 1 aromatic heterocycles. The predicted octanol–water partition coefficient (Wildman–Crippen LogP) is 4.21. The number of nitrogens with zero attached hydrogens (tertiary/aromatic N) is 4. The fourth-order valence-corrected chi connectivity index (χ4v) is 3.51. The van der Waals surface area contributed by atoms with Gasteiger partial charge in [-0.15, -0.1) is 0 Å². The van der Waals surface area contributed by atoms with Crippen molar-refractivity contribution in [2.75, 3.05) is 29.9 Å². The Bertz CT molecular complexity index is 919. The topological polar surface area (TPSA) is 110 Å². The zero-order valence-corrected chi connectivity index (χ0v) is 17.1. The molecule has 0 radical (unpaired) electrons. The molecule has 1 aliphatic rings. The largest absolute Gasteiger partial charge is 0.466 e. The Morgan fingerprint density at radius 1 is 1.34 bits per heavy atom. The minimum absolute atomic E-state index is 0.0108. The minimum atomic E-state index is -0.534. The third kappa shape index (κ3) is 4.86. The summed E-state index contributed by atoms with van der Waals surface area (Å²) in [6.07, 6.45) is 2.31. The molecule has 0 amide bonds. The summed E-state index contributed by atoms with van der Waals surface area (Å²) >= 11 is 12.1. The maximum Gasteiger partial charge on any atom is 0.353 e. The van der Waals surface area contributed by atoms with Crippen molar-refractivity contribution >= 4 is 52.2 Å². The number of halogens is 2. The molecular formula is C18H19Cl2N5O4. The summed E-state index contributed by atoms with van der Waals surface area (Å²) in [5, 5.41) is 15.5. The Kier molecular flexibility index (Phi) is 6.71. The summed E-state index contributed by atoms with van der Waals surface area (Å²) in [5.41, 5.74) is 0.131. The van der Waals surface area contributed by atoms with Crippen molar-refractivity contribution in [3.63, 3.8) is 0 Å². The lowest BCUT2D eigenvalue weighted by atomic mass is 9.97. The molecule has 1 saturated heterocycles. The summed E-state index contributed by atoms with van der Waals surface area (Å²) < 4.78 is 5.07. The highest BCUT2D eigenvalue weighted by Gasteiger charge is 2.32. The lowest BCUT2D eigenvalue weighted by Gasteiger charge is -2.31. The van der Waals surface area contributed by atoms with Crippen molar-refractivity contribution < 1.29 is 14.5 Å². The number of carbonyl (C=O) groups is 1. The molecule has 1 aliphatic heterocycles. The van der Waals surface area contributed by atoms with Gasteiger partial charge in [0.2, 0.25) is 11.6 Å². The molecule has 11 heteroatoms. The zero-order chi connectivity index (χ0) is 21.0. The first-order chi connectivity index (χ1) is 13.9. The average molecular weight is 440 g/mol. The number of rotatable bonds is 6. The quantitative estimate of drug-likeness (QED) is 0.404. The van der Waals surface area contributed by atoms with Crippen LogP contribution in [0, 0.1) is 16.0 Å². The number of piperidine rings is 1. The molecule has 0 saturated carbocycles. The fourth-order valence-electron chi connectivity index (χ4n) is 3.17. The Morgan fingerprint density at radius 3 is 2.72 bits per heavy atom.